The van der Waals surface area contributed by atoms with Gasteiger partial charge in [-0.25, -0.2) is 8.42 Å². The number of aliphatic hydroxyl groups is 1. The van der Waals surface area contributed by atoms with Gasteiger partial charge in [0.2, 0.25) is 15.9 Å². The number of thioether (sulfide) groups is 1. The topological polar surface area (TPSA) is 140 Å². The van der Waals surface area contributed by atoms with Gasteiger partial charge in [-0.3, -0.25) is 4.79 Å². The standard InChI is InChI=1S/C38H40N4O6S3/c1-24-9-19-32(20-10-24)51(45,46)42-33(21-27-7-5-4-6-8-27)36(44)39-31-17-15-30(16-18-31)37-47-34(23-49-38-41-40-26(3)50-38)25(2)35(48-37)29-13-11-28(22-43)12-14-29/h4-20,25,33-35,37,42-43H,21-23H2,1-3H3,(H,39,44)/t25-,33+,34+,35+,37+/m0/s1. The molecule has 10 nitrogen and oxygen atoms in total. The van der Waals surface area contributed by atoms with Crippen molar-refractivity contribution in [3.05, 3.63) is 136 Å². The molecule has 1 aliphatic heterocycles. The second-order valence-electron chi connectivity index (χ2n) is 12.5. The number of hydrogen-bond acceptors (Lipinski definition) is 10. The smallest absolute Gasteiger partial charge is 0.242 e. The quantitative estimate of drug-likeness (QED) is 0.112. The van der Waals surface area contributed by atoms with E-state index in [1.807, 2.05) is 80.6 Å². The molecule has 0 unspecified atom stereocenters. The average Bonchev–Trinajstić information content (AvgIpc) is 3.56. The predicted octanol–water partition coefficient (Wildman–Crippen LogP) is 6.76. The molecule has 0 aliphatic carbocycles. The largest absolute Gasteiger partial charge is 0.392 e. The lowest BCUT2D eigenvalue weighted by Gasteiger charge is -2.41. The van der Waals surface area contributed by atoms with Crippen LogP contribution in [0.15, 0.2) is 112 Å². The Morgan fingerprint density at radius 1 is 0.882 bits per heavy atom. The number of amides is 1. The molecule has 2 heterocycles. The van der Waals surface area contributed by atoms with Gasteiger partial charge < -0.3 is 19.9 Å². The van der Waals surface area contributed by atoms with Crippen LogP contribution in [0.25, 0.3) is 0 Å². The number of carbonyl (C=O) groups excluding carboxylic acids is 1. The number of benzene rings is 4. The van der Waals surface area contributed by atoms with Gasteiger partial charge in [-0.05, 0) is 61.2 Å². The van der Waals surface area contributed by atoms with Crippen LogP contribution in [-0.2, 0) is 37.3 Å². The third-order valence-corrected chi connectivity index (χ3v) is 12.2. The number of ether oxygens (including phenoxy) is 2. The minimum absolute atomic E-state index is 0.00606. The summed E-state index contributed by atoms with van der Waals surface area (Å²) in [7, 11) is -3.98. The van der Waals surface area contributed by atoms with Gasteiger partial charge in [-0.15, -0.1) is 10.2 Å². The summed E-state index contributed by atoms with van der Waals surface area (Å²) in [6, 6.07) is 29.6. The highest BCUT2D eigenvalue weighted by atomic mass is 32.2. The summed E-state index contributed by atoms with van der Waals surface area (Å²) < 4.78 is 43.3. The third-order valence-electron chi connectivity index (χ3n) is 8.68. The minimum atomic E-state index is -3.98. The molecule has 1 aliphatic rings. The predicted molar refractivity (Wildman–Crippen MR) is 199 cm³/mol. The fraction of sp³-hybridized carbons (Fsp3) is 0.289. The second-order valence-corrected chi connectivity index (χ2v) is 16.7. The lowest BCUT2D eigenvalue weighted by atomic mass is 9.91. The molecule has 0 saturated carbocycles. The van der Waals surface area contributed by atoms with Gasteiger partial charge in [0.25, 0.3) is 0 Å². The van der Waals surface area contributed by atoms with E-state index in [0.29, 0.717) is 11.4 Å². The summed E-state index contributed by atoms with van der Waals surface area (Å²) in [5.41, 5.74) is 4.81. The van der Waals surface area contributed by atoms with Crippen molar-refractivity contribution in [1.29, 1.82) is 0 Å². The van der Waals surface area contributed by atoms with Gasteiger partial charge in [0, 0.05) is 22.9 Å². The molecule has 1 amide bonds. The maximum Gasteiger partial charge on any atom is 0.242 e. The van der Waals surface area contributed by atoms with Gasteiger partial charge in [0.05, 0.1) is 23.7 Å². The van der Waals surface area contributed by atoms with Crippen LogP contribution in [0.2, 0.25) is 0 Å². The first-order valence-corrected chi connectivity index (χ1v) is 19.8. The third kappa shape index (κ3) is 9.49. The number of aryl methyl sites for hydroxylation is 2. The van der Waals surface area contributed by atoms with E-state index >= 15 is 0 Å². The summed E-state index contributed by atoms with van der Waals surface area (Å²) in [4.78, 5) is 13.8. The molecule has 0 spiro atoms. The highest BCUT2D eigenvalue weighted by molar-refractivity contribution is 8.01. The maximum absolute atomic E-state index is 13.7. The SMILES string of the molecule is Cc1ccc(S(=O)(=O)N[C@H](Cc2ccccc2)C(=O)Nc2ccc([C@@H]3O[C@H](CSc4nnc(C)s4)[C@H](C)[C@H](c4ccc(CO)cc4)O3)cc2)cc1. The molecule has 5 atom stereocenters. The van der Waals surface area contributed by atoms with Crippen molar-refractivity contribution < 1.29 is 27.8 Å². The number of hydrogen-bond donors (Lipinski definition) is 3. The van der Waals surface area contributed by atoms with E-state index in [-0.39, 0.29) is 36.0 Å². The number of aromatic nitrogens is 2. The van der Waals surface area contributed by atoms with Crippen LogP contribution in [0.4, 0.5) is 5.69 Å². The molecule has 51 heavy (non-hydrogen) atoms. The highest BCUT2D eigenvalue weighted by Crippen LogP contribution is 2.43. The van der Waals surface area contributed by atoms with Crippen LogP contribution in [0.5, 0.6) is 0 Å². The van der Waals surface area contributed by atoms with E-state index < -0.39 is 28.3 Å². The van der Waals surface area contributed by atoms with Crippen molar-refractivity contribution in [2.45, 2.75) is 67.6 Å². The molecule has 13 heteroatoms. The molecule has 0 radical (unpaired) electrons. The number of rotatable bonds is 13. The first kappa shape index (κ1) is 36.8. The van der Waals surface area contributed by atoms with Crippen LogP contribution in [0, 0.1) is 19.8 Å². The lowest BCUT2D eigenvalue weighted by Crippen LogP contribution is -2.45. The number of anilines is 1. The van der Waals surface area contributed by atoms with Crippen LogP contribution >= 0.6 is 23.1 Å². The van der Waals surface area contributed by atoms with Crippen LogP contribution in [0.1, 0.15) is 52.1 Å². The Balaban J connectivity index is 1.19. The molecule has 266 valence electrons. The zero-order valence-electron chi connectivity index (χ0n) is 28.4. The average molecular weight is 745 g/mol. The number of carbonyl (C=O) groups is 1. The summed E-state index contributed by atoms with van der Waals surface area (Å²) in [6.45, 7) is 5.87. The Kier molecular flexibility index (Phi) is 12.0. The minimum Gasteiger partial charge on any atom is -0.392 e. The van der Waals surface area contributed by atoms with E-state index in [2.05, 4.69) is 27.2 Å². The second kappa shape index (κ2) is 16.6. The van der Waals surface area contributed by atoms with E-state index in [9.17, 15) is 18.3 Å². The first-order chi connectivity index (χ1) is 24.6. The normalized spacial score (nSPS) is 19.8. The van der Waals surface area contributed by atoms with Crippen molar-refractivity contribution in [3.8, 4) is 0 Å². The fourth-order valence-corrected chi connectivity index (χ4v) is 8.96. The van der Waals surface area contributed by atoms with Crippen LogP contribution < -0.4 is 10.0 Å². The molecule has 5 aromatic rings. The number of nitrogens with zero attached hydrogens (tertiary/aromatic N) is 2. The summed E-state index contributed by atoms with van der Waals surface area (Å²) >= 11 is 3.15. The van der Waals surface area contributed by atoms with E-state index in [1.54, 1.807) is 47.4 Å². The monoisotopic (exact) mass is 744 g/mol. The Hall–Kier alpha value is -3.95. The van der Waals surface area contributed by atoms with Gasteiger partial charge in [0.1, 0.15) is 11.0 Å². The molecular formula is C38H40N4O6S3. The van der Waals surface area contributed by atoms with Crippen molar-refractivity contribution in [2.75, 3.05) is 11.1 Å². The van der Waals surface area contributed by atoms with Gasteiger partial charge >= 0.3 is 0 Å². The summed E-state index contributed by atoms with van der Waals surface area (Å²) in [6.07, 6.45) is -0.991. The molecule has 4 aromatic carbocycles. The first-order valence-electron chi connectivity index (χ1n) is 16.6. The Bertz CT molecular complexity index is 2010. The van der Waals surface area contributed by atoms with Gasteiger partial charge in [0.15, 0.2) is 10.6 Å². The molecular weight excluding hydrogens is 705 g/mol. The maximum atomic E-state index is 13.7. The van der Waals surface area contributed by atoms with Crippen molar-refractivity contribution in [1.82, 2.24) is 14.9 Å². The van der Waals surface area contributed by atoms with Crippen LogP contribution in [-0.4, -0.2) is 47.5 Å². The Morgan fingerprint density at radius 3 is 2.22 bits per heavy atom. The van der Waals surface area contributed by atoms with Crippen molar-refractivity contribution in [3.63, 3.8) is 0 Å². The molecule has 1 aromatic heterocycles. The highest BCUT2D eigenvalue weighted by Gasteiger charge is 2.38. The van der Waals surface area contributed by atoms with E-state index in [0.717, 1.165) is 37.2 Å². The summed E-state index contributed by atoms with van der Waals surface area (Å²) in [5.74, 6) is 0.166. The Labute approximate surface area is 306 Å². The van der Waals surface area contributed by atoms with Crippen LogP contribution in [0.3, 0.4) is 0 Å². The molecule has 1 saturated heterocycles. The lowest BCUT2D eigenvalue weighted by molar-refractivity contribution is -0.268. The number of sulfonamides is 1. The molecule has 1 fully saturated rings. The van der Waals surface area contributed by atoms with Crippen molar-refractivity contribution >= 4 is 44.7 Å². The van der Waals surface area contributed by atoms with E-state index in [1.165, 1.54) is 12.1 Å². The molecule has 6 rings (SSSR count). The van der Waals surface area contributed by atoms with Crippen molar-refractivity contribution in [2.24, 2.45) is 5.92 Å². The van der Waals surface area contributed by atoms with Gasteiger partial charge in [-0.2, -0.15) is 4.72 Å². The summed E-state index contributed by atoms with van der Waals surface area (Å²) in [5, 5.41) is 21.7. The van der Waals surface area contributed by atoms with Gasteiger partial charge in [-0.1, -0.05) is 114 Å². The number of nitrogens with one attached hydrogen (secondary N) is 2. The zero-order chi connectivity index (χ0) is 36.0. The zero-order valence-corrected chi connectivity index (χ0v) is 30.9. The fourth-order valence-electron chi connectivity index (χ4n) is 5.76. The van der Waals surface area contributed by atoms with E-state index in [4.69, 9.17) is 9.47 Å². The number of aliphatic hydroxyl groups excluding tert-OH is 1. The molecule has 0 bridgehead atoms. The molecule has 3 N–H and O–H groups in total. The Morgan fingerprint density at radius 2 is 1.57 bits per heavy atom.